The Bertz CT molecular complexity index is 651. The maximum Gasteiger partial charge on any atom is 0.251 e. The largest absolute Gasteiger partial charge is 0.492 e. The molecule has 0 bridgehead atoms. The number of primary amides is 1. The van der Waals surface area contributed by atoms with Gasteiger partial charge in [-0.2, -0.15) is 0 Å². The molecule has 0 unspecified atom stereocenters. The number of benzene rings is 1. The smallest absolute Gasteiger partial charge is 0.251 e. The van der Waals surface area contributed by atoms with Crippen LogP contribution in [0.5, 0.6) is 5.75 Å². The monoisotopic (exact) mass is 313 g/mol. The Morgan fingerprint density at radius 2 is 2.04 bits per heavy atom. The number of anilines is 2. The van der Waals surface area contributed by atoms with Gasteiger partial charge in [0.1, 0.15) is 12.4 Å². The minimum absolute atomic E-state index is 0.278. The molecule has 0 saturated carbocycles. The van der Waals surface area contributed by atoms with E-state index in [1.807, 2.05) is 24.3 Å². The molecule has 2 aromatic rings. The van der Waals surface area contributed by atoms with E-state index in [0.29, 0.717) is 18.6 Å². The van der Waals surface area contributed by atoms with E-state index in [9.17, 15) is 4.79 Å². The number of hydrogen-bond donors (Lipinski definition) is 3. The third-order valence-electron chi connectivity index (χ3n) is 3.66. The Hall–Kier alpha value is -2.67. The second-order valence-corrected chi connectivity index (χ2v) is 5.41. The molecule has 120 valence electrons. The van der Waals surface area contributed by atoms with Crippen molar-refractivity contribution >= 4 is 17.5 Å². The molecule has 0 aliphatic carbocycles. The predicted octanol–water partition coefficient (Wildman–Crippen LogP) is 1.45. The lowest BCUT2D eigenvalue weighted by molar-refractivity contribution is 0.0999. The van der Waals surface area contributed by atoms with E-state index in [-0.39, 0.29) is 5.56 Å². The molecule has 4 N–H and O–H groups in total. The van der Waals surface area contributed by atoms with Gasteiger partial charge < -0.3 is 21.1 Å². The van der Waals surface area contributed by atoms with E-state index in [1.54, 1.807) is 0 Å². The molecule has 1 aliphatic rings. The zero-order valence-electron chi connectivity index (χ0n) is 12.7. The maximum absolute atomic E-state index is 11.0. The first-order valence-corrected chi connectivity index (χ1v) is 7.56. The Morgan fingerprint density at radius 1 is 1.30 bits per heavy atom. The predicted molar refractivity (Wildman–Crippen MR) is 86.8 cm³/mol. The van der Waals surface area contributed by atoms with Gasteiger partial charge in [0.2, 0.25) is 5.95 Å². The van der Waals surface area contributed by atoms with E-state index in [1.165, 1.54) is 18.8 Å². The molecule has 3 rings (SSSR count). The number of carbonyl (C=O) groups is 1. The summed E-state index contributed by atoms with van der Waals surface area (Å²) < 4.78 is 5.76. The van der Waals surface area contributed by atoms with Gasteiger partial charge in [-0.25, -0.2) is 9.97 Å². The van der Waals surface area contributed by atoms with Gasteiger partial charge in [-0.15, -0.1) is 0 Å². The molecule has 1 fully saturated rings. The highest BCUT2D eigenvalue weighted by Gasteiger charge is 2.14. The zero-order valence-corrected chi connectivity index (χ0v) is 12.7. The van der Waals surface area contributed by atoms with Crippen molar-refractivity contribution in [1.82, 2.24) is 15.3 Å². The molecule has 23 heavy (non-hydrogen) atoms. The summed E-state index contributed by atoms with van der Waals surface area (Å²) in [7, 11) is 0. The Kier molecular flexibility index (Phi) is 4.68. The van der Waals surface area contributed by atoms with Crippen molar-refractivity contribution in [2.75, 3.05) is 18.5 Å². The number of hydrogen-bond acceptors (Lipinski definition) is 6. The van der Waals surface area contributed by atoms with Gasteiger partial charge in [-0.3, -0.25) is 4.79 Å². The van der Waals surface area contributed by atoms with Gasteiger partial charge in [0.15, 0.2) is 0 Å². The summed E-state index contributed by atoms with van der Waals surface area (Å²) in [6.07, 6.45) is 5.16. The summed E-state index contributed by atoms with van der Waals surface area (Å²) in [6, 6.07) is 8.03. The topological polar surface area (TPSA) is 102 Å². The number of aromatic nitrogens is 2. The Balaban J connectivity index is 1.55. The van der Waals surface area contributed by atoms with Crippen molar-refractivity contribution < 1.29 is 9.53 Å². The van der Waals surface area contributed by atoms with E-state index in [4.69, 9.17) is 10.5 Å². The lowest BCUT2D eigenvalue weighted by Crippen LogP contribution is -2.28. The van der Waals surface area contributed by atoms with E-state index in [2.05, 4.69) is 20.6 Å². The molecule has 1 aromatic carbocycles. The fourth-order valence-corrected chi connectivity index (χ4v) is 2.38. The summed E-state index contributed by atoms with van der Waals surface area (Å²) in [5.41, 5.74) is 6.26. The molecule has 1 saturated heterocycles. The minimum Gasteiger partial charge on any atom is -0.492 e. The molecule has 1 aliphatic heterocycles. The van der Waals surface area contributed by atoms with Crippen LogP contribution in [0.4, 0.5) is 11.6 Å². The highest BCUT2D eigenvalue weighted by molar-refractivity contribution is 5.92. The zero-order chi connectivity index (χ0) is 16.1. The van der Waals surface area contributed by atoms with Crippen LogP contribution in [0.1, 0.15) is 23.2 Å². The first-order valence-electron chi connectivity index (χ1n) is 7.56. The fourth-order valence-electron chi connectivity index (χ4n) is 2.38. The third kappa shape index (κ3) is 4.17. The molecular weight excluding hydrogens is 294 g/mol. The second kappa shape index (κ2) is 7.06. The van der Waals surface area contributed by atoms with Crippen molar-refractivity contribution in [3.8, 4) is 5.75 Å². The van der Waals surface area contributed by atoms with Crippen molar-refractivity contribution in [1.29, 1.82) is 0 Å². The van der Waals surface area contributed by atoms with Crippen LogP contribution in [0.2, 0.25) is 0 Å². The SMILES string of the molecule is NC(=O)c1cnc(Nc2ccc(OC[C@@H]3CCCN3)cc2)nc1. The van der Waals surface area contributed by atoms with Crippen LogP contribution >= 0.6 is 0 Å². The second-order valence-electron chi connectivity index (χ2n) is 5.41. The Morgan fingerprint density at radius 3 is 2.65 bits per heavy atom. The number of amides is 1. The first kappa shape index (κ1) is 15.2. The van der Waals surface area contributed by atoms with Crippen molar-refractivity contribution in [3.05, 3.63) is 42.2 Å². The number of nitrogens with zero attached hydrogens (tertiary/aromatic N) is 2. The molecule has 1 amide bonds. The highest BCUT2D eigenvalue weighted by atomic mass is 16.5. The number of nitrogens with one attached hydrogen (secondary N) is 2. The molecule has 7 nitrogen and oxygen atoms in total. The lowest BCUT2D eigenvalue weighted by atomic mass is 10.2. The van der Waals surface area contributed by atoms with Gasteiger partial charge in [-0.1, -0.05) is 0 Å². The van der Waals surface area contributed by atoms with Crippen molar-refractivity contribution in [3.63, 3.8) is 0 Å². The first-order chi connectivity index (χ1) is 11.2. The van der Waals surface area contributed by atoms with E-state index in [0.717, 1.165) is 24.4 Å². The highest BCUT2D eigenvalue weighted by Crippen LogP contribution is 2.19. The van der Waals surface area contributed by atoms with Crippen LogP contribution in [0.25, 0.3) is 0 Å². The van der Waals surface area contributed by atoms with Crippen LogP contribution < -0.4 is 21.1 Å². The summed E-state index contributed by atoms with van der Waals surface area (Å²) in [5.74, 6) is 0.683. The average molecular weight is 313 g/mol. The van der Waals surface area contributed by atoms with Crippen LogP contribution in [-0.4, -0.2) is 35.1 Å². The van der Waals surface area contributed by atoms with Crippen molar-refractivity contribution in [2.24, 2.45) is 5.73 Å². The minimum atomic E-state index is -0.546. The summed E-state index contributed by atoms with van der Waals surface area (Å²) in [6.45, 7) is 1.76. The molecule has 1 aromatic heterocycles. The lowest BCUT2D eigenvalue weighted by Gasteiger charge is -2.12. The average Bonchev–Trinajstić information content (AvgIpc) is 3.08. The van der Waals surface area contributed by atoms with Crippen LogP contribution in [-0.2, 0) is 0 Å². The van der Waals surface area contributed by atoms with Gasteiger partial charge >= 0.3 is 0 Å². The number of rotatable bonds is 6. The normalized spacial score (nSPS) is 17.0. The maximum atomic E-state index is 11.0. The Labute approximate surface area is 134 Å². The molecule has 1 atom stereocenters. The summed E-state index contributed by atoms with van der Waals surface area (Å²) >= 11 is 0. The molecule has 0 radical (unpaired) electrons. The van der Waals surface area contributed by atoms with E-state index < -0.39 is 5.91 Å². The van der Waals surface area contributed by atoms with Gasteiger partial charge in [0, 0.05) is 24.1 Å². The molecule has 7 heteroatoms. The van der Waals surface area contributed by atoms with Crippen molar-refractivity contribution in [2.45, 2.75) is 18.9 Å². The fraction of sp³-hybridized carbons (Fsp3) is 0.312. The third-order valence-corrected chi connectivity index (χ3v) is 3.66. The molecular formula is C16H19N5O2. The van der Waals surface area contributed by atoms with Gasteiger partial charge in [-0.05, 0) is 43.7 Å². The number of carbonyl (C=O) groups excluding carboxylic acids is 1. The van der Waals surface area contributed by atoms with E-state index >= 15 is 0 Å². The number of nitrogens with two attached hydrogens (primary N) is 1. The summed E-state index contributed by atoms with van der Waals surface area (Å²) in [4.78, 5) is 19.1. The molecule has 0 spiro atoms. The van der Waals surface area contributed by atoms with Gasteiger partial charge in [0.05, 0.1) is 5.56 Å². The van der Waals surface area contributed by atoms with Crippen LogP contribution in [0.15, 0.2) is 36.7 Å². The quantitative estimate of drug-likeness (QED) is 0.746. The van der Waals surface area contributed by atoms with Crippen LogP contribution in [0.3, 0.4) is 0 Å². The standard InChI is InChI=1S/C16H19N5O2/c17-15(22)11-8-19-16(20-9-11)21-12-3-5-14(6-4-12)23-10-13-2-1-7-18-13/h3-6,8-9,13,18H,1-2,7,10H2,(H2,17,22)(H,19,20,21)/t13-/m0/s1. The van der Waals surface area contributed by atoms with Gasteiger partial charge in [0.25, 0.3) is 5.91 Å². The number of ether oxygens (including phenoxy) is 1. The molecule has 2 heterocycles. The summed E-state index contributed by atoms with van der Waals surface area (Å²) in [5, 5.41) is 6.45. The van der Waals surface area contributed by atoms with Crippen LogP contribution in [0, 0.1) is 0 Å².